The van der Waals surface area contributed by atoms with Crippen molar-refractivity contribution in [3.63, 3.8) is 0 Å². The zero-order chi connectivity index (χ0) is 13.8. The van der Waals surface area contributed by atoms with Crippen molar-refractivity contribution in [1.82, 2.24) is 0 Å². The first kappa shape index (κ1) is 13.1. The number of allylic oxidation sites excluding steroid dienone is 1. The Morgan fingerprint density at radius 2 is 1.47 bits per heavy atom. The third kappa shape index (κ3) is 2.74. The first-order valence-electron chi connectivity index (χ1n) is 6.17. The Morgan fingerprint density at radius 3 is 2.05 bits per heavy atom. The lowest BCUT2D eigenvalue weighted by Gasteiger charge is -2.12. The lowest BCUT2D eigenvalue weighted by atomic mass is 9.92. The summed E-state index contributed by atoms with van der Waals surface area (Å²) >= 11 is 0. The van der Waals surface area contributed by atoms with E-state index in [9.17, 15) is 9.90 Å². The Bertz CT molecular complexity index is 621. The van der Waals surface area contributed by atoms with Crippen molar-refractivity contribution >= 4 is 11.5 Å². The number of benzene rings is 2. The number of carboxylic acid groups (broad SMARTS) is 1. The van der Waals surface area contributed by atoms with Gasteiger partial charge < -0.3 is 5.11 Å². The molecule has 0 saturated heterocycles. The van der Waals surface area contributed by atoms with Gasteiger partial charge in [0.15, 0.2) is 0 Å². The third-order valence-electron chi connectivity index (χ3n) is 3.00. The molecule has 19 heavy (non-hydrogen) atoms. The maximum absolute atomic E-state index is 11.5. The molecule has 2 aromatic rings. The van der Waals surface area contributed by atoms with Crippen LogP contribution in [-0.4, -0.2) is 11.1 Å². The van der Waals surface area contributed by atoms with Gasteiger partial charge in [-0.2, -0.15) is 0 Å². The van der Waals surface area contributed by atoms with E-state index < -0.39 is 5.97 Å². The molecular weight excluding hydrogens is 236 g/mol. The highest BCUT2D eigenvalue weighted by Crippen LogP contribution is 2.30. The Kier molecular flexibility index (Phi) is 3.81. The van der Waals surface area contributed by atoms with Crippen molar-refractivity contribution in [1.29, 1.82) is 0 Å². The number of carbonyl (C=O) groups is 1. The maximum atomic E-state index is 11.5. The Balaban J connectivity index is 2.67. The number of rotatable bonds is 3. The Hall–Kier alpha value is -2.35. The van der Waals surface area contributed by atoms with Crippen LogP contribution in [0.2, 0.25) is 0 Å². The fourth-order valence-electron chi connectivity index (χ4n) is 2.17. The van der Waals surface area contributed by atoms with Crippen LogP contribution in [0.5, 0.6) is 0 Å². The van der Waals surface area contributed by atoms with E-state index in [1.807, 2.05) is 68.4 Å². The molecule has 0 atom stereocenters. The molecule has 1 N–H and O–H groups in total. The SMILES string of the molecule is CC(C)=C(C(=O)O)c1ccccc1-c1ccccc1. The van der Waals surface area contributed by atoms with Gasteiger partial charge in [0, 0.05) is 0 Å². The molecule has 0 spiro atoms. The van der Waals surface area contributed by atoms with Crippen LogP contribution in [0.15, 0.2) is 60.2 Å². The number of carboxylic acids is 1. The van der Waals surface area contributed by atoms with Gasteiger partial charge >= 0.3 is 5.97 Å². The molecule has 2 rings (SSSR count). The molecule has 0 radical (unpaired) electrons. The van der Waals surface area contributed by atoms with E-state index in [0.29, 0.717) is 5.57 Å². The quantitative estimate of drug-likeness (QED) is 0.830. The number of hydrogen-bond donors (Lipinski definition) is 1. The van der Waals surface area contributed by atoms with E-state index in [-0.39, 0.29) is 0 Å². The van der Waals surface area contributed by atoms with Crippen molar-refractivity contribution in [2.45, 2.75) is 13.8 Å². The predicted molar refractivity (Wildman–Crippen MR) is 77.8 cm³/mol. The van der Waals surface area contributed by atoms with Gasteiger partial charge in [-0.15, -0.1) is 0 Å². The molecule has 0 fully saturated rings. The van der Waals surface area contributed by atoms with Crippen molar-refractivity contribution in [3.05, 3.63) is 65.7 Å². The fourth-order valence-corrected chi connectivity index (χ4v) is 2.17. The van der Waals surface area contributed by atoms with Crippen LogP contribution in [0.1, 0.15) is 19.4 Å². The predicted octanol–water partition coefficient (Wildman–Crippen LogP) is 4.23. The molecule has 0 unspecified atom stereocenters. The molecule has 0 aliphatic heterocycles. The lowest BCUT2D eigenvalue weighted by molar-refractivity contribution is -0.130. The largest absolute Gasteiger partial charge is 0.478 e. The van der Waals surface area contributed by atoms with Crippen molar-refractivity contribution < 1.29 is 9.90 Å². The fraction of sp³-hybridized carbons (Fsp3) is 0.118. The molecule has 0 saturated carbocycles. The standard InChI is InChI=1S/C17H16O2/c1-12(2)16(17(18)19)15-11-7-6-10-14(15)13-8-4-3-5-9-13/h3-11H,1-2H3,(H,18,19). The monoisotopic (exact) mass is 252 g/mol. The van der Waals surface area contributed by atoms with Gasteiger partial charge in [-0.3, -0.25) is 0 Å². The van der Waals surface area contributed by atoms with Crippen molar-refractivity contribution in [2.24, 2.45) is 0 Å². The van der Waals surface area contributed by atoms with E-state index in [4.69, 9.17) is 0 Å². The van der Waals surface area contributed by atoms with E-state index in [0.717, 1.165) is 22.3 Å². The Morgan fingerprint density at radius 1 is 0.895 bits per heavy atom. The summed E-state index contributed by atoms with van der Waals surface area (Å²) < 4.78 is 0. The molecule has 2 heteroatoms. The van der Waals surface area contributed by atoms with E-state index in [2.05, 4.69) is 0 Å². The minimum absolute atomic E-state index is 0.374. The van der Waals surface area contributed by atoms with Crippen LogP contribution in [0.4, 0.5) is 0 Å². The summed E-state index contributed by atoms with van der Waals surface area (Å²) in [5.74, 6) is -0.886. The first-order chi connectivity index (χ1) is 9.11. The minimum Gasteiger partial charge on any atom is -0.478 e. The molecule has 2 aromatic carbocycles. The van der Waals surface area contributed by atoms with Gasteiger partial charge in [0.05, 0.1) is 5.57 Å². The van der Waals surface area contributed by atoms with Crippen molar-refractivity contribution in [2.75, 3.05) is 0 Å². The summed E-state index contributed by atoms with van der Waals surface area (Å²) in [6, 6.07) is 17.4. The van der Waals surface area contributed by atoms with Gasteiger partial charge in [-0.25, -0.2) is 4.79 Å². The normalized spacial score (nSPS) is 10.0. The van der Waals surface area contributed by atoms with Gasteiger partial charge in [-0.1, -0.05) is 60.2 Å². The van der Waals surface area contributed by atoms with E-state index in [1.54, 1.807) is 0 Å². The molecule has 0 aromatic heterocycles. The van der Waals surface area contributed by atoms with Gasteiger partial charge in [0.25, 0.3) is 0 Å². The third-order valence-corrected chi connectivity index (χ3v) is 3.00. The molecule has 0 aliphatic carbocycles. The molecule has 96 valence electrons. The summed E-state index contributed by atoms with van der Waals surface area (Å²) in [5.41, 5.74) is 3.91. The van der Waals surface area contributed by atoms with Crippen LogP contribution in [0.25, 0.3) is 16.7 Å². The second kappa shape index (κ2) is 5.53. The first-order valence-corrected chi connectivity index (χ1v) is 6.17. The van der Waals surface area contributed by atoms with Crippen LogP contribution >= 0.6 is 0 Å². The van der Waals surface area contributed by atoms with Gasteiger partial charge in [0.2, 0.25) is 0 Å². The minimum atomic E-state index is -0.886. The molecule has 0 bridgehead atoms. The van der Waals surface area contributed by atoms with Crippen LogP contribution < -0.4 is 0 Å². The molecule has 2 nitrogen and oxygen atoms in total. The van der Waals surface area contributed by atoms with Gasteiger partial charge in [0.1, 0.15) is 0 Å². The molecular formula is C17H16O2. The zero-order valence-corrected chi connectivity index (χ0v) is 11.1. The van der Waals surface area contributed by atoms with E-state index in [1.165, 1.54) is 0 Å². The summed E-state index contributed by atoms with van der Waals surface area (Å²) in [4.78, 5) is 11.5. The highest BCUT2D eigenvalue weighted by atomic mass is 16.4. The van der Waals surface area contributed by atoms with Gasteiger partial charge in [-0.05, 0) is 30.5 Å². The molecule has 0 heterocycles. The van der Waals surface area contributed by atoms with Crippen LogP contribution in [0, 0.1) is 0 Å². The summed E-state index contributed by atoms with van der Waals surface area (Å²) in [7, 11) is 0. The highest BCUT2D eigenvalue weighted by molar-refractivity contribution is 6.18. The highest BCUT2D eigenvalue weighted by Gasteiger charge is 2.16. The second-order valence-corrected chi connectivity index (χ2v) is 4.59. The van der Waals surface area contributed by atoms with Crippen molar-refractivity contribution in [3.8, 4) is 11.1 Å². The summed E-state index contributed by atoms with van der Waals surface area (Å²) in [6.07, 6.45) is 0. The van der Waals surface area contributed by atoms with Crippen LogP contribution in [-0.2, 0) is 4.79 Å². The van der Waals surface area contributed by atoms with Crippen LogP contribution in [0.3, 0.4) is 0 Å². The average Bonchev–Trinajstić information content (AvgIpc) is 2.39. The topological polar surface area (TPSA) is 37.3 Å². The number of hydrogen-bond acceptors (Lipinski definition) is 1. The molecule has 0 amide bonds. The maximum Gasteiger partial charge on any atom is 0.336 e. The average molecular weight is 252 g/mol. The second-order valence-electron chi connectivity index (χ2n) is 4.59. The number of aliphatic carboxylic acids is 1. The van der Waals surface area contributed by atoms with E-state index >= 15 is 0 Å². The summed E-state index contributed by atoms with van der Waals surface area (Å²) in [6.45, 7) is 3.65. The smallest absolute Gasteiger partial charge is 0.336 e. The Labute approximate surface area is 113 Å². The molecule has 0 aliphatic rings. The lowest BCUT2D eigenvalue weighted by Crippen LogP contribution is -2.03. The summed E-state index contributed by atoms with van der Waals surface area (Å²) in [5, 5.41) is 9.41. The zero-order valence-electron chi connectivity index (χ0n) is 11.1.